The Morgan fingerprint density at radius 3 is 2.53 bits per heavy atom. The Morgan fingerprint density at radius 2 is 1.81 bits per heavy atom. The SMILES string of the molecule is I.NC(=NCc1cccc(C(=O)OCc2ccccc2)c1)N1CCN(c2nccs2)CC1. The Hall–Kier alpha value is -2.66. The maximum atomic E-state index is 12.4. The lowest BCUT2D eigenvalue weighted by atomic mass is 10.1. The number of ether oxygens (including phenoxy) is 1. The predicted octanol–water partition coefficient (Wildman–Crippen LogP) is 3.76. The largest absolute Gasteiger partial charge is 0.457 e. The van der Waals surface area contributed by atoms with Crippen LogP contribution in [0.25, 0.3) is 0 Å². The van der Waals surface area contributed by atoms with Crippen molar-refractivity contribution in [3.05, 3.63) is 82.9 Å². The number of aliphatic imine (C=N–C) groups is 1. The summed E-state index contributed by atoms with van der Waals surface area (Å²) in [5, 5.41) is 3.04. The summed E-state index contributed by atoms with van der Waals surface area (Å²) in [6, 6.07) is 17.0. The minimum atomic E-state index is -0.346. The van der Waals surface area contributed by atoms with Gasteiger partial charge in [-0.2, -0.15) is 0 Å². The molecular formula is C23H26IN5O2S. The van der Waals surface area contributed by atoms with Crippen molar-refractivity contribution in [2.45, 2.75) is 13.2 Å². The van der Waals surface area contributed by atoms with Crippen LogP contribution in [0.3, 0.4) is 0 Å². The third-order valence-electron chi connectivity index (χ3n) is 5.09. The molecule has 32 heavy (non-hydrogen) atoms. The first-order chi connectivity index (χ1) is 15.2. The van der Waals surface area contributed by atoms with Crippen molar-refractivity contribution in [2.75, 3.05) is 31.1 Å². The van der Waals surface area contributed by atoms with E-state index in [1.54, 1.807) is 17.4 Å². The molecule has 0 aliphatic carbocycles. The van der Waals surface area contributed by atoms with E-state index in [9.17, 15) is 4.79 Å². The van der Waals surface area contributed by atoms with E-state index < -0.39 is 0 Å². The molecule has 0 radical (unpaired) electrons. The average molecular weight is 563 g/mol. The minimum absolute atomic E-state index is 0. The number of nitrogens with two attached hydrogens (primary N) is 1. The molecule has 0 saturated carbocycles. The number of thiazole rings is 1. The van der Waals surface area contributed by atoms with Crippen LogP contribution < -0.4 is 10.6 Å². The van der Waals surface area contributed by atoms with Crippen LogP contribution in [0.4, 0.5) is 5.13 Å². The number of carbonyl (C=O) groups is 1. The number of piperazine rings is 1. The van der Waals surface area contributed by atoms with E-state index in [4.69, 9.17) is 10.5 Å². The van der Waals surface area contributed by atoms with Gasteiger partial charge in [0.25, 0.3) is 0 Å². The lowest BCUT2D eigenvalue weighted by Crippen LogP contribution is -2.51. The molecule has 7 nitrogen and oxygen atoms in total. The highest BCUT2D eigenvalue weighted by molar-refractivity contribution is 14.0. The van der Waals surface area contributed by atoms with Gasteiger partial charge >= 0.3 is 5.97 Å². The number of halogens is 1. The summed E-state index contributed by atoms with van der Waals surface area (Å²) in [4.78, 5) is 25.6. The molecule has 1 aliphatic rings. The van der Waals surface area contributed by atoms with Gasteiger partial charge in [0.15, 0.2) is 11.1 Å². The number of anilines is 1. The number of carbonyl (C=O) groups excluding carboxylic acids is 1. The molecule has 168 valence electrons. The molecule has 2 heterocycles. The molecule has 1 saturated heterocycles. The number of nitrogens with zero attached hydrogens (tertiary/aromatic N) is 4. The first-order valence-electron chi connectivity index (χ1n) is 10.2. The van der Waals surface area contributed by atoms with E-state index in [-0.39, 0.29) is 36.6 Å². The van der Waals surface area contributed by atoms with Gasteiger partial charge in [-0.3, -0.25) is 0 Å². The van der Waals surface area contributed by atoms with Crippen LogP contribution >= 0.6 is 35.3 Å². The molecule has 2 N–H and O–H groups in total. The van der Waals surface area contributed by atoms with E-state index in [2.05, 4.69) is 19.8 Å². The van der Waals surface area contributed by atoms with Crippen molar-refractivity contribution in [1.29, 1.82) is 0 Å². The van der Waals surface area contributed by atoms with Crippen LogP contribution in [-0.4, -0.2) is 48.0 Å². The topological polar surface area (TPSA) is 84.0 Å². The summed E-state index contributed by atoms with van der Waals surface area (Å²) < 4.78 is 5.41. The van der Waals surface area contributed by atoms with Gasteiger partial charge in [-0.15, -0.1) is 35.3 Å². The zero-order valence-corrected chi connectivity index (χ0v) is 20.7. The molecule has 0 bridgehead atoms. The van der Waals surface area contributed by atoms with Crippen LogP contribution in [0, 0.1) is 0 Å². The normalized spacial score (nSPS) is 14.1. The minimum Gasteiger partial charge on any atom is -0.457 e. The third-order valence-corrected chi connectivity index (χ3v) is 5.92. The molecule has 9 heteroatoms. The molecule has 0 unspecified atom stereocenters. The Morgan fingerprint density at radius 1 is 1.06 bits per heavy atom. The quantitative estimate of drug-likeness (QED) is 0.213. The van der Waals surface area contributed by atoms with Crippen molar-refractivity contribution in [2.24, 2.45) is 10.7 Å². The Kier molecular flexibility index (Phi) is 8.86. The molecule has 1 aromatic heterocycles. The van der Waals surface area contributed by atoms with Crippen LogP contribution in [0.15, 0.2) is 71.2 Å². The maximum Gasteiger partial charge on any atom is 0.338 e. The number of benzene rings is 2. The van der Waals surface area contributed by atoms with Gasteiger partial charge in [0.05, 0.1) is 12.1 Å². The zero-order chi connectivity index (χ0) is 21.5. The fourth-order valence-corrected chi connectivity index (χ4v) is 4.07. The lowest BCUT2D eigenvalue weighted by molar-refractivity contribution is 0.0472. The van der Waals surface area contributed by atoms with Crippen LogP contribution in [-0.2, 0) is 17.9 Å². The summed E-state index contributed by atoms with van der Waals surface area (Å²) in [7, 11) is 0. The van der Waals surface area contributed by atoms with Gasteiger partial charge in [0.1, 0.15) is 6.61 Å². The predicted molar refractivity (Wildman–Crippen MR) is 139 cm³/mol. The zero-order valence-electron chi connectivity index (χ0n) is 17.6. The molecule has 3 aromatic rings. The standard InChI is InChI=1S/C23H25N5O2S.HI/c24-22(27-10-12-28(13-11-27)23-25-9-14-31-23)26-16-19-7-4-8-20(15-19)21(29)30-17-18-5-2-1-3-6-18;/h1-9,14-15H,10-13,16-17H2,(H2,24,26);1H. The van der Waals surface area contributed by atoms with Gasteiger partial charge in [-0.1, -0.05) is 42.5 Å². The number of guanidine groups is 1. The smallest absolute Gasteiger partial charge is 0.338 e. The van der Waals surface area contributed by atoms with Gasteiger partial charge in [0, 0.05) is 37.8 Å². The monoisotopic (exact) mass is 563 g/mol. The fourth-order valence-electron chi connectivity index (χ4n) is 3.37. The first kappa shape index (κ1) is 24.0. The summed E-state index contributed by atoms with van der Waals surface area (Å²) in [5.74, 6) is 0.178. The number of esters is 1. The van der Waals surface area contributed by atoms with Crippen LogP contribution in [0.5, 0.6) is 0 Å². The van der Waals surface area contributed by atoms with Crippen molar-refractivity contribution in [3.63, 3.8) is 0 Å². The molecule has 4 rings (SSSR count). The van der Waals surface area contributed by atoms with Gasteiger partial charge in [-0.25, -0.2) is 14.8 Å². The van der Waals surface area contributed by atoms with Crippen molar-refractivity contribution in [3.8, 4) is 0 Å². The van der Waals surface area contributed by atoms with Crippen molar-refractivity contribution >= 4 is 52.4 Å². The average Bonchev–Trinajstić information content (AvgIpc) is 3.37. The van der Waals surface area contributed by atoms with E-state index in [1.807, 2.05) is 60.1 Å². The number of hydrogen-bond acceptors (Lipinski definition) is 6. The maximum absolute atomic E-state index is 12.4. The van der Waals surface area contributed by atoms with Crippen LogP contribution in [0.1, 0.15) is 21.5 Å². The highest BCUT2D eigenvalue weighted by atomic mass is 127. The number of aromatic nitrogens is 1. The molecule has 0 spiro atoms. The van der Waals surface area contributed by atoms with E-state index >= 15 is 0 Å². The summed E-state index contributed by atoms with van der Waals surface area (Å²) in [6.07, 6.45) is 1.83. The number of hydrogen-bond donors (Lipinski definition) is 1. The summed E-state index contributed by atoms with van der Waals surface area (Å²) >= 11 is 1.65. The first-order valence-corrected chi connectivity index (χ1v) is 11.1. The highest BCUT2D eigenvalue weighted by Crippen LogP contribution is 2.19. The van der Waals surface area contributed by atoms with E-state index in [1.165, 1.54) is 0 Å². The van der Waals surface area contributed by atoms with E-state index in [0.29, 0.717) is 18.1 Å². The Bertz CT molecular complexity index is 1020. The number of rotatable bonds is 6. The van der Waals surface area contributed by atoms with Gasteiger partial charge in [-0.05, 0) is 23.3 Å². The van der Waals surface area contributed by atoms with Crippen molar-refractivity contribution in [1.82, 2.24) is 9.88 Å². The molecule has 1 fully saturated rings. The second-order valence-electron chi connectivity index (χ2n) is 7.23. The summed E-state index contributed by atoms with van der Waals surface area (Å²) in [6.45, 7) is 4.01. The third kappa shape index (κ3) is 6.42. The Balaban J connectivity index is 0.00000289. The molecule has 2 aromatic carbocycles. The molecule has 0 atom stereocenters. The Labute approximate surface area is 208 Å². The van der Waals surface area contributed by atoms with Crippen molar-refractivity contribution < 1.29 is 9.53 Å². The molecular weight excluding hydrogens is 537 g/mol. The lowest BCUT2D eigenvalue weighted by Gasteiger charge is -2.35. The molecule has 0 amide bonds. The van der Waals surface area contributed by atoms with Gasteiger partial charge < -0.3 is 20.3 Å². The van der Waals surface area contributed by atoms with E-state index in [0.717, 1.165) is 42.4 Å². The summed E-state index contributed by atoms with van der Waals surface area (Å²) in [5.41, 5.74) is 8.61. The van der Waals surface area contributed by atoms with Crippen LogP contribution in [0.2, 0.25) is 0 Å². The second-order valence-corrected chi connectivity index (χ2v) is 8.10. The second kappa shape index (κ2) is 11.8. The van der Waals surface area contributed by atoms with Gasteiger partial charge in [0.2, 0.25) is 0 Å². The fraction of sp³-hybridized carbons (Fsp3) is 0.261. The molecule has 1 aliphatic heterocycles. The highest BCUT2D eigenvalue weighted by Gasteiger charge is 2.19.